The second kappa shape index (κ2) is 2.77. The summed E-state index contributed by atoms with van der Waals surface area (Å²) in [5, 5.41) is 0. The first-order valence-corrected chi connectivity index (χ1v) is 5.40. The molecule has 14 heavy (non-hydrogen) atoms. The topological polar surface area (TPSA) is 52.6 Å². The Bertz CT molecular complexity index is 482. The van der Waals surface area contributed by atoms with Gasteiger partial charge in [0.2, 0.25) is 15.3 Å². The summed E-state index contributed by atoms with van der Waals surface area (Å²) in [5.74, 6) is 1.15. The molecule has 0 N–H and O–H groups in total. The second-order valence-electron chi connectivity index (χ2n) is 3.01. The van der Waals surface area contributed by atoms with Gasteiger partial charge in [0.15, 0.2) is 11.5 Å². The fourth-order valence-corrected chi connectivity index (χ4v) is 2.82. The van der Waals surface area contributed by atoms with E-state index in [-0.39, 0.29) is 19.0 Å². The van der Waals surface area contributed by atoms with E-state index in [9.17, 15) is 8.42 Å². The van der Waals surface area contributed by atoms with Crippen molar-refractivity contribution in [1.29, 1.82) is 0 Å². The Labute approximate surface area is 87.2 Å². The molecule has 2 heterocycles. The van der Waals surface area contributed by atoms with E-state index in [1.165, 1.54) is 6.07 Å². The molecular weight excluding hydrogens is 228 g/mol. The smallest absolute Gasteiger partial charge is 0.237 e. The standard InChI is InChI=1S/C8H6O4S.ClH/c9-13(10)5-1-2-6-7(3-5)12-8(13)4-11-6;/h1-3,8H,4H2;1H. The van der Waals surface area contributed by atoms with Gasteiger partial charge in [-0.1, -0.05) is 0 Å². The van der Waals surface area contributed by atoms with Crippen LogP contribution >= 0.6 is 12.4 Å². The van der Waals surface area contributed by atoms with Gasteiger partial charge < -0.3 is 9.47 Å². The SMILES string of the molecule is Cl.O=S1(=O)c2ccc3c(c2)OC1CO3. The lowest BCUT2D eigenvalue weighted by atomic mass is 10.3. The van der Waals surface area contributed by atoms with E-state index >= 15 is 0 Å². The molecule has 3 bridgehead atoms. The Kier molecular flexibility index (Phi) is 1.90. The highest BCUT2D eigenvalue weighted by Crippen LogP contribution is 2.40. The molecule has 0 saturated heterocycles. The van der Waals surface area contributed by atoms with E-state index < -0.39 is 15.3 Å². The molecule has 0 radical (unpaired) electrons. The maximum absolute atomic E-state index is 11.6. The lowest BCUT2D eigenvalue weighted by Gasteiger charge is -2.30. The summed E-state index contributed by atoms with van der Waals surface area (Å²) in [5.41, 5.74) is -0.851. The zero-order valence-electron chi connectivity index (χ0n) is 6.97. The maximum Gasteiger partial charge on any atom is 0.237 e. The molecule has 76 valence electrons. The molecule has 0 amide bonds. The first-order valence-electron chi connectivity index (χ1n) is 3.85. The van der Waals surface area contributed by atoms with Gasteiger partial charge in [-0.25, -0.2) is 8.42 Å². The number of ether oxygens (including phenoxy) is 2. The molecule has 1 unspecified atom stereocenters. The van der Waals surface area contributed by atoms with Gasteiger partial charge >= 0.3 is 0 Å². The maximum atomic E-state index is 11.6. The number of halogens is 1. The highest BCUT2D eigenvalue weighted by Gasteiger charge is 2.38. The van der Waals surface area contributed by atoms with Crippen LogP contribution in [0.2, 0.25) is 0 Å². The number of hydrogen-bond donors (Lipinski definition) is 0. The molecule has 2 aliphatic heterocycles. The largest absolute Gasteiger partial charge is 0.485 e. The average molecular weight is 235 g/mol. The third-order valence-corrected chi connectivity index (χ3v) is 4.06. The van der Waals surface area contributed by atoms with Crippen molar-refractivity contribution in [3.05, 3.63) is 18.2 Å². The van der Waals surface area contributed by atoms with Gasteiger partial charge in [0.05, 0.1) is 4.90 Å². The summed E-state index contributed by atoms with van der Waals surface area (Å²) in [6.07, 6.45) is 0. The molecule has 1 aromatic carbocycles. The normalized spacial score (nSPS) is 24.4. The Morgan fingerprint density at radius 2 is 2.07 bits per heavy atom. The molecule has 0 fully saturated rings. The van der Waals surface area contributed by atoms with E-state index in [1.54, 1.807) is 12.1 Å². The Hall–Kier alpha value is -0.940. The number of sulfone groups is 1. The lowest BCUT2D eigenvalue weighted by Crippen LogP contribution is -2.39. The molecule has 0 aliphatic carbocycles. The van der Waals surface area contributed by atoms with Gasteiger partial charge in [-0.05, 0) is 12.1 Å². The summed E-state index contributed by atoms with van der Waals surface area (Å²) >= 11 is 0. The Morgan fingerprint density at radius 3 is 2.86 bits per heavy atom. The zero-order chi connectivity index (χ0) is 9.05. The van der Waals surface area contributed by atoms with Crippen LogP contribution in [-0.2, 0) is 9.84 Å². The second-order valence-corrected chi connectivity index (χ2v) is 5.10. The van der Waals surface area contributed by atoms with Crippen LogP contribution in [0.3, 0.4) is 0 Å². The number of rotatable bonds is 0. The minimum atomic E-state index is -3.32. The van der Waals surface area contributed by atoms with E-state index in [4.69, 9.17) is 9.47 Å². The van der Waals surface area contributed by atoms with Crippen molar-refractivity contribution in [1.82, 2.24) is 0 Å². The number of fused-ring (bicyclic) bond motifs is 2. The van der Waals surface area contributed by atoms with Gasteiger partial charge in [-0.3, -0.25) is 0 Å². The van der Waals surface area contributed by atoms with E-state index in [0.717, 1.165) is 0 Å². The molecule has 1 atom stereocenters. The van der Waals surface area contributed by atoms with Crippen molar-refractivity contribution in [3.8, 4) is 11.5 Å². The fraction of sp³-hybridized carbons (Fsp3) is 0.250. The fourth-order valence-electron chi connectivity index (χ4n) is 1.51. The molecular formula is C8H7ClO4S. The van der Waals surface area contributed by atoms with E-state index in [1.807, 2.05) is 0 Å². The Morgan fingerprint density at radius 1 is 1.29 bits per heavy atom. The van der Waals surface area contributed by atoms with Gasteiger partial charge in [0, 0.05) is 6.07 Å². The Balaban J connectivity index is 0.000000750. The van der Waals surface area contributed by atoms with Crippen LogP contribution in [0.4, 0.5) is 0 Å². The molecule has 0 aromatic heterocycles. The van der Waals surface area contributed by atoms with Gasteiger partial charge in [0.25, 0.3) is 0 Å². The predicted molar refractivity (Wildman–Crippen MR) is 50.8 cm³/mol. The molecule has 2 aliphatic rings. The first kappa shape index (κ1) is 9.61. The summed E-state index contributed by atoms with van der Waals surface area (Å²) in [4.78, 5) is 0.325. The molecule has 6 heteroatoms. The van der Waals surface area contributed by atoms with E-state index in [0.29, 0.717) is 16.4 Å². The van der Waals surface area contributed by atoms with Gasteiger partial charge in [-0.15, -0.1) is 12.4 Å². The summed E-state index contributed by atoms with van der Waals surface area (Å²) < 4.78 is 33.7. The van der Waals surface area contributed by atoms with Crippen LogP contribution in [0, 0.1) is 0 Å². The minimum absolute atomic E-state index is 0. The van der Waals surface area contributed by atoms with Crippen LogP contribution in [0.15, 0.2) is 23.1 Å². The monoisotopic (exact) mass is 234 g/mol. The predicted octanol–water partition coefficient (Wildman–Crippen LogP) is 0.993. The summed E-state index contributed by atoms with van der Waals surface area (Å²) in [6, 6.07) is 4.67. The van der Waals surface area contributed by atoms with Crippen LogP contribution in [0.25, 0.3) is 0 Å². The van der Waals surface area contributed by atoms with Crippen LogP contribution < -0.4 is 9.47 Å². The lowest BCUT2D eigenvalue weighted by molar-refractivity contribution is 0.137. The van der Waals surface area contributed by atoms with Crippen molar-refractivity contribution in [3.63, 3.8) is 0 Å². The van der Waals surface area contributed by atoms with E-state index in [2.05, 4.69) is 0 Å². The summed E-state index contributed by atoms with van der Waals surface area (Å²) in [7, 11) is -3.32. The molecule has 3 rings (SSSR count). The molecule has 0 saturated carbocycles. The van der Waals surface area contributed by atoms with Crippen molar-refractivity contribution >= 4 is 22.2 Å². The van der Waals surface area contributed by atoms with Crippen molar-refractivity contribution < 1.29 is 17.9 Å². The average Bonchev–Trinajstić information content (AvgIpc) is 2.14. The van der Waals surface area contributed by atoms with Crippen molar-refractivity contribution in [2.24, 2.45) is 0 Å². The third-order valence-electron chi connectivity index (χ3n) is 2.22. The molecule has 4 nitrogen and oxygen atoms in total. The van der Waals surface area contributed by atoms with Crippen LogP contribution in [0.5, 0.6) is 11.5 Å². The highest BCUT2D eigenvalue weighted by atomic mass is 35.5. The van der Waals surface area contributed by atoms with Crippen LogP contribution in [-0.4, -0.2) is 20.5 Å². The molecule has 1 aromatic rings. The summed E-state index contributed by atoms with van der Waals surface area (Å²) in [6.45, 7) is 0.0862. The number of benzene rings is 1. The zero-order valence-corrected chi connectivity index (χ0v) is 8.60. The quantitative estimate of drug-likeness (QED) is 0.672. The third kappa shape index (κ3) is 1.02. The van der Waals surface area contributed by atoms with Crippen molar-refractivity contribution in [2.45, 2.75) is 10.3 Å². The first-order chi connectivity index (χ1) is 6.18. The van der Waals surface area contributed by atoms with Gasteiger partial charge in [-0.2, -0.15) is 0 Å². The molecule has 0 spiro atoms. The van der Waals surface area contributed by atoms with Gasteiger partial charge in [0.1, 0.15) is 6.61 Å². The minimum Gasteiger partial charge on any atom is -0.485 e. The van der Waals surface area contributed by atoms with Crippen LogP contribution in [0.1, 0.15) is 0 Å². The van der Waals surface area contributed by atoms with Crippen molar-refractivity contribution in [2.75, 3.05) is 6.61 Å². The highest BCUT2D eigenvalue weighted by molar-refractivity contribution is 7.92. The number of hydrogen-bond acceptors (Lipinski definition) is 4.